The summed E-state index contributed by atoms with van der Waals surface area (Å²) >= 11 is 3.11. The van der Waals surface area contributed by atoms with Crippen LogP contribution < -0.4 is 0 Å². The van der Waals surface area contributed by atoms with Crippen molar-refractivity contribution in [2.75, 3.05) is 12.8 Å². The molecule has 1 fully saturated rings. The summed E-state index contributed by atoms with van der Waals surface area (Å²) in [5.74, 6) is 1.32. The quantitative estimate of drug-likeness (QED) is 0.583. The Hall–Kier alpha value is -2.19. The second-order valence-electron chi connectivity index (χ2n) is 6.31. The number of pyridine rings is 1. The Bertz CT molecular complexity index is 874. The van der Waals surface area contributed by atoms with Gasteiger partial charge in [0.2, 0.25) is 5.91 Å². The lowest BCUT2D eigenvalue weighted by Crippen LogP contribution is -2.27. The standard InChI is InChI=1S/C18H19N5OS2/c1-22(10-13-6-9-25-11-13)16(24)12-26-18-21-20-17(23(18)15-2-3-15)14-4-7-19-8-5-14/h4-9,11,15H,2-3,10,12H2,1H3. The molecule has 0 atom stereocenters. The fourth-order valence-corrected chi connectivity index (χ4v) is 4.32. The van der Waals surface area contributed by atoms with Crippen LogP contribution in [0.15, 0.2) is 46.5 Å². The van der Waals surface area contributed by atoms with Gasteiger partial charge in [0.25, 0.3) is 0 Å². The molecule has 0 unspecified atom stereocenters. The molecule has 1 saturated carbocycles. The predicted molar refractivity (Wildman–Crippen MR) is 103 cm³/mol. The molecule has 0 spiro atoms. The highest BCUT2D eigenvalue weighted by Gasteiger charge is 2.30. The third-order valence-corrected chi connectivity index (χ3v) is 5.93. The van der Waals surface area contributed by atoms with Crippen LogP contribution in [0.3, 0.4) is 0 Å². The lowest BCUT2D eigenvalue weighted by atomic mass is 10.2. The average Bonchev–Trinajstić information content (AvgIpc) is 3.20. The van der Waals surface area contributed by atoms with Gasteiger partial charge in [0.15, 0.2) is 11.0 Å². The molecule has 6 nitrogen and oxygen atoms in total. The Balaban J connectivity index is 1.45. The summed E-state index contributed by atoms with van der Waals surface area (Å²) in [6.45, 7) is 0.639. The van der Waals surface area contributed by atoms with Gasteiger partial charge in [0, 0.05) is 37.6 Å². The Morgan fingerprint density at radius 1 is 1.31 bits per heavy atom. The topological polar surface area (TPSA) is 63.9 Å². The minimum atomic E-state index is 0.0945. The number of thiophene rings is 1. The highest BCUT2D eigenvalue weighted by molar-refractivity contribution is 7.99. The van der Waals surface area contributed by atoms with Gasteiger partial charge >= 0.3 is 0 Å². The number of amides is 1. The van der Waals surface area contributed by atoms with Crippen molar-refractivity contribution in [3.63, 3.8) is 0 Å². The van der Waals surface area contributed by atoms with E-state index in [0.29, 0.717) is 18.3 Å². The van der Waals surface area contributed by atoms with Crippen molar-refractivity contribution in [3.8, 4) is 11.4 Å². The SMILES string of the molecule is CN(Cc1ccsc1)C(=O)CSc1nnc(-c2ccncc2)n1C1CC1. The zero-order valence-electron chi connectivity index (χ0n) is 14.4. The van der Waals surface area contributed by atoms with Crippen LogP contribution in [-0.4, -0.2) is 43.4 Å². The predicted octanol–water partition coefficient (Wildman–Crippen LogP) is 3.49. The minimum Gasteiger partial charge on any atom is -0.341 e. The summed E-state index contributed by atoms with van der Waals surface area (Å²) in [7, 11) is 1.84. The molecule has 4 rings (SSSR count). The number of hydrogen-bond donors (Lipinski definition) is 0. The molecule has 8 heteroatoms. The number of aromatic nitrogens is 4. The van der Waals surface area contributed by atoms with E-state index in [9.17, 15) is 4.79 Å². The molecular weight excluding hydrogens is 366 g/mol. The van der Waals surface area contributed by atoms with E-state index in [1.54, 1.807) is 28.6 Å². The number of carbonyl (C=O) groups is 1. The summed E-state index contributed by atoms with van der Waals surface area (Å²) in [6.07, 6.45) is 5.79. The summed E-state index contributed by atoms with van der Waals surface area (Å²) in [4.78, 5) is 18.3. The number of rotatable bonds is 7. The van der Waals surface area contributed by atoms with E-state index >= 15 is 0 Å². The smallest absolute Gasteiger partial charge is 0.233 e. The maximum absolute atomic E-state index is 12.5. The van der Waals surface area contributed by atoms with Crippen LogP contribution in [0, 0.1) is 0 Å². The molecule has 1 aliphatic carbocycles. The second kappa shape index (κ2) is 7.59. The highest BCUT2D eigenvalue weighted by atomic mass is 32.2. The second-order valence-corrected chi connectivity index (χ2v) is 8.04. The van der Waals surface area contributed by atoms with Gasteiger partial charge < -0.3 is 4.90 Å². The molecule has 0 bridgehead atoms. The van der Waals surface area contributed by atoms with Crippen molar-refractivity contribution in [3.05, 3.63) is 46.9 Å². The number of carbonyl (C=O) groups excluding carboxylic acids is 1. The summed E-state index contributed by atoms with van der Waals surface area (Å²) < 4.78 is 2.17. The van der Waals surface area contributed by atoms with Gasteiger partial charge in [-0.1, -0.05) is 11.8 Å². The molecule has 0 N–H and O–H groups in total. The Morgan fingerprint density at radius 3 is 2.81 bits per heavy atom. The van der Waals surface area contributed by atoms with E-state index < -0.39 is 0 Å². The first-order valence-electron chi connectivity index (χ1n) is 8.45. The maximum Gasteiger partial charge on any atom is 0.233 e. The summed E-state index contributed by atoms with van der Waals surface area (Å²) in [6, 6.07) is 6.37. The Kier molecular flexibility index (Phi) is 5.03. The summed E-state index contributed by atoms with van der Waals surface area (Å²) in [5, 5.41) is 13.6. The van der Waals surface area contributed by atoms with Crippen LogP contribution in [0.5, 0.6) is 0 Å². The molecule has 0 saturated heterocycles. The minimum absolute atomic E-state index is 0.0945. The van der Waals surface area contributed by atoms with Gasteiger partial charge in [0.05, 0.1) is 5.75 Å². The van der Waals surface area contributed by atoms with Crippen LogP contribution in [0.1, 0.15) is 24.4 Å². The monoisotopic (exact) mass is 385 g/mol. The molecule has 3 aromatic rings. The Morgan fingerprint density at radius 2 is 2.12 bits per heavy atom. The van der Waals surface area contributed by atoms with Crippen molar-refractivity contribution < 1.29 is 4.79 Å². The molecule has 1 amide bonds. The first-order valence-corrected chi connectivity index (χ1v) is 10.4. The zero-order chi connectivity index (χ0) is 17.9. The third-order valence-electron chi connectivity index (χ3n) is 4.27. The number of nitrogens with zero attached hydrogens (tertiary/aromatic N) is 5. The van der Waals surface area contributed by atoms with Crippen molar-refractivity contribution in [1.82, 2.24) is 24.6 Å². The zero-order valence-corrected chi connectivity index (χ0v) is 16.0. The molecule has 26 heavy (non-hydrogen) atoms. The van der Waals surface area contributed by atoms with Crippen LogP contribution >= 0.6 is 23.1 Å². The Labute approximate surface area is 160 Å². The molecule has 3 heterocycles. The normalized spacial score (nSPS) is 13.7. The molecular formula is C18H19N5OS2. The van der Waals surface area contributed by atoms with E-state index in [4.69, 9.17) is 0 Å². The molecule has 3 aromatic heterocycles. The van der Waals surface area contributed by atoms with E-state index in [1.165, 1.54) is 11.8 Å². The summed E-state index contributed by atoms with van der Waals surface area (Å²) in [5.41, 5.74) is 2.17. The van der Waals surface area contributed by atoms with Crippen LogP contribution in [0.4, 0.5) is 0 Å². The van der Waals surface area contributed by atoms with Crippen LogP contribution in [-0.2, 0) is 11.3 Å². The van der Waals surface area contributed by atoms with Gasteiger partial charge in [-0.3, -0.25) is 14.3 Å². The van der Waals surface area contributed by atoms with Gasteiger partial charge in [0.1, 0.15) is 0 Å². The van der Waals surface area contributed by atoms with E-state index in [-0.39, 0.29) is 5.91 Å². The van der Waals surface area contributed by atoms with Gasteiger partial charge in [-0.15, -0.1) is 10.2 Å². The van der Waals surface area contributed by atoms with E-state index in [1.807, 2.05) is 30.6 Å². The first kappa shape index (κ1) is 17.2. The first-order chi connectivity index (χ1) is 12.7. The van der Waals surface area contributed by atoms with Crippen molar-refractivity contribution in [1.29, 1.82) is 0 Å². The average molecular weight is 386 g/mol. The lowest BCUT2D eigenvalue weighted by Gasteiger charge is -2.16. The van der Waals surface area contributed by atoms with Crippen LogP contribution in [0.25, 0.3) is 11.4 Å². The lowest BCUT2D eigenvalue weighted by molar-refractivity contribution is -0.127. The number of hydrogen-bond acceptors (Lipinski definition) is 6. The third kappa shape index (κ3) is 3.81. The maximum atomic E-state index is 12.5. The molecule has 1 aliphatic rings. The van der Waals surface area contributed by atoms with Gasteiger partial charge in [-0.25, -0.2) is 0 Å². The van der Waals surface area contributed by atoms with Crippen molar-refractivity contribution >= 4 is 29.0 Å². The van der Waals surface area contributed by atoms with Crippen molar-refractivity contribution in [2.24, 2.45) is 0 Å². The van der Waals surface area contributed by atoms with Gasteiger partial charge in [-0.2, -0.15) is 11.3 Å². The van der Waals surface area contributed by atoms with Crippen molar-refractivity contribution in [2.45, 2.75) is 30.6 Å². The molecule has 0 radical (unpaired) electrons. The van der Waals surface area contributed by atoms with E-state index in [0.717, 1.165) is 34.9 Å². The van der Waals surface area contributed by atoms with Gasteiger partial charge in [-0.05, 0) is 47.4 Å². The molecule has 0 aliphatic heterocycles. The van der Waals surface area contributed by atoms with E-state index in [2.05, 4.69) is 25.1 Å². The number of thioether (sulfide) groups is 1. The largest absolute Gasteiger partial charge is 0.341 e. The fourth-order valence-electron chi connectivity index (χ4n) is 2.72. The molecule has 134 valence electrons. The fraction of sp³-hybridized carbons (Fsp3) is 0.333. The highest BCUT2D eigenvalue weighted by Crippen LogP contribution is 2.40. The van der Waals surface area contributed by atoms with Crippen LogP contribution in [0.2, 0.25) is 0 Å². The molecule has 0 aromatic carbocycles.